The molecule has 27 heavy (non-hydrogen) atoms. The zero-order valence-electron chi connectivity index (χ0n) is 14.9. The molecule has 1 aromatic rings. The van der Waals surface area contributed by atoms with Crippen LogP contribution in [-0.4, -0.2) is 36.2 Å². The van der Waals surface area contributed by atoms with Crippen LogP contribution in [0, 0.1) is 28.9 Å². The van der Waals surface area contributed by atoms with Gasteiger partial charge < -0.3 is 14.8 Å². The van der Waals surface area contributed by atoms with Crippen molar-refractivity contribution in [3.63, 3.8) is 0 Å². The zero-order chi connectivity index (χ0) is 20.2. The first-order valence-electron chi connectivity index (χ1n) is 8.57. The second-order valence-electron chi connectivity index (χ2n) is 6.14. The fraction of sp³-hybridized carbons (Fsp3) is 0.588. The van der Waals surface area contributed by atoms with Crippen molar-refractivity contribution in [1.29, 1.82) is 0 Å². The molecule has 1 aliphatic rings. The predicted molar refractivity (Wildman–Crippen MR) is 85.6 cm³/mol. The largest absolute Gasteiger partial charge is 0.465 e. The van der Waals surface area contributed by atoms with Gasteiger partial charge in [0.05, 0.1) is 13.2 Å². The van der Waals surface area contributed by atoms with Crippen molar-refractivity contribution >= 4 is 17.6 Å². The van der Waals surface area contributed by atoms with Gasteiger partial charge in [-0.1, -0.05) is 0 Å². The van der Waals surface area contributed by atoms with Gasteiger partial charge >= 0.3 is 11.9 Å². The predicted octanol–water partition coefficient (Wildman–Crippen LogP) is 3.11. The van der Waals surface area contributed by atoms with Crippen molar-refractivity contribution in [3.05, 3.63) is 23.5 Å². The van der Waals surface area contributed by atoms with Gasteiger partial charge in [0.2, 0.25) is 11.6 Å². The molecule has 0 aromatic carbocycles. The summed E-state index contributed by atoms with van der Waals surface area (Å²) in [5.41, 5.74) is -2.47. The number of carbonyl (C=O) groups is 2. The molecule has 0 atom stereocenters. The normalized spacial score (nSPS) is 16.7. The zero-order valence-corrected chi connectivity index (χ0v) is 14.9. The van der Waals surface area contributed by atoms with E-state index in [1.54, 1.807) is 13.8 Å². The molecule has 1 saturated carbocycles. The van der Waals surface area contributed by atoms with Crippen molar-refractivity contribution in [1.82, 2.24) is 4.98 Å². The molecular weight excluding hydrogens is 372 g/mol. The van der Waals surface area contributed by atoms with Gasteiger partial charge in [0.1, 0.15) is 5.69 Å². The molecule has 1 N–H and O–H groups in total. The number of rotatable bonds is 6. The molecule has 150 valence electrons. The van der Waals surface area contributed by atoms with Gasteiger partial charge in [0, 0.05) is 6.04 Å². The van der Waals surface area contributed by atoms with Gasteiger partial charge in [0.15, 0.2) is 5.41 Å². The Hall–Kier alpha value is -2.39. The summed E-state index contributed by atoms with van der Waals surface area (Å²) >= 11 is 0. The van der Waals surface area contributed by atoms with E-state index < -0.39 is 52.6 Å². The third-order valence-electron chi connectivity index (χ3n) is 4.52. The van der Waals surface area contributed by atoms with Crippen LogP contribution in [-0.2, 0) is 19.1 Å². The standard InChI is InChI=1S/C17H20F4N2O4/c1-3-26-15(24)17(16(25)27-4-2)7-5-9(6-8-17)22-12-10(18)13(20)23-14(21)11(12)19/h9H,3-8H2,1-2H3,(H,22,23). The number of nitrogens with zero attached hydrogens (tertiary/aromatic N) is 1. The number of anilines is 1. The summed E-state index contributed by atoms with van der Waals surface area (Å²) in [5, 5.41) is 2.40. The minimum Gasteiger partial charge on any atom is -0.465 e. The molecule has 1 aromatic heterocycles. The number of pyridine rings is 1. The van der Waals surface area contributed by atoms with Gasteiger partial charge in [-0.25, -0.2) is 0 Å². The fourth-order valence-corrected chi connectivity index (χ4v) is 3.10. The Balaban J connectivity index is 2.17. The Labute approximate surface area is 153 Å². The van der Waals surface area contributed by atoms with E-state index in [1.807, 2.05) is 0 Å². The van der Waals surface area contributed by atoms with Crippen LogP contribution < -0.4 is 5.32 Å². The Bertz CT molecular complexity index is 675. The van der Waals surface area contributed by atoms with Crippen LogP contribution in [0.25, 0.3) is 0 Å². The number of ether oxygens (including phenoxy) is 2. The van der Waals surface area contributed by atoms with Crippen LogP contribution in [0.5, 0.6) is 0 Å². The Morgan fingerprint density at radius 1 is 1.00 bits per heavy atom. The monoisotopic (exact) mass is 392 g/mol. The first kappa shape index (κ1) is 20.9. The lowest BCUT2D eigenvalue weighted by molar-refractivity contribution is -0.174. The van der Waals surface area contributed by atoms with Crippen molar-refractivity contribution in [2.24, 2.45) is 5.41 Å². The Morgan fingerprint density at radius 2 is 1.44 bits per heavy atom. The van der Waals surface area contributed by atoms with Crippen molar-refractivity contribution in [2.75, 3.05) is 18.5 Å². The number of hydrogen-bond donors (Lipinski definition) is 1. The van der Waals surface area contributed by atoms with E-state index in [0.29, 0.717) is 0 Å². The summed E-state index contributed by atoms with van der Waals surface area (Å²) in [7, 11) is 0. The van der Waals surface area contributed by atoms with Crippen LogP contribution in [0.1, 0.15) is 39.5 Å². The highest BCUT2D eigenvalue weighted by molar-refractivity contribution is 6.00. The number of carbonyl (C=O) groups excluding carboxylic acids is 2. The third kappa shape index (κ3) is 4.14. The molecule has 0 spiro atoms. The SMILES string of the molecule is CCOC(=O)C1(C(=O)OCC)CCC(Nc2c(F)c(F)nc(F)c2F)CC1. The molecule has 0 amide bonds. The van der Waals surface area contributed by atoms with Gasteiger partial charge in [-0.2, -0.15) is 22.5 Å². The first-order chi connectivity index (χ1) is 12.8. The smallest absolute Gasteiger partial charge is 0.323 e. The second-order valence-corrected chi connectivity index (χ2v) is 6.14. The molecule has 1 fully saturated rings. The fourth-order valence-electron chi connectivity index (χ4n) is 3.10. The van der Waals surface area contributed by atoms with Crippen LogP contribution >= 0.6 is 0 Å². The van der Waals surface area contributed by atoms with E-state index in [2.05, 4.69) is 10.3 Å². The van der Waals surface area contributed by atoms with E-state index in [9.17, 15) is 27.2 Å². The maximum atomic E-state index is 13.8. The lowest BCUT2D eigenvalue weighted by atomic mass is 9.72. The number of nitrogens with one attached hydrogen (secondary N) is 1. The molecule has 0 unspecified atom stereocenters. The molecule has 6 nitrogen and oxygen atoms in total. The van der Waals surface area contributed by atoms with Crippen molar-refractivity contribution in [2.45, 2.75) is 45.6 Å². The van der Waals surface area contributed by atoms with Crippen LogP contribution in [0.3, 0.4) is 0 Å². The van der Waals surface area contributed by atoms with E-state index in [4.69, 9.17) is 9.47 Å². The van der Waals surface area contributed by atoms with Gasteiger partial charge in [0.25, 0.3) is 11.9 Å². The first-order valence-corrected chi connectivity index (χ1v) is 8.57. The summed E-state index contributed by atoms with van der Waals surface area (Å²) < 4.78 is 63.9. The average molecular weight is 392 g/mol. The molecule has 0 radical (unpaired) electrons. The van der Waals surface area contributed by atoms with Crippen molar-refractivity contribution in [3.8, 4) is 0 Å². The van der Waals surface area contributed by atoms with E-state index >= 15 is 0 Å². The second kappa shape index (κ2) is 8.53. The molecule has 0 aliphatic heterocycles. The molecule has 0 bridgehead atoms. The summed E-state index contributed by atoms with van der Waals surface area (Å²) in [6, 6.07) is -0.618. The molecule has 0 saturated heterocycles. The quantitative estimate of drug-likeness (QED) is 0.347. The summed E-state index contributed by atoms with van der Waals surface area (Å²) in [4.78, 5) is 27.1. The van der Waals surface area contributed by atoms with E-state index in [-0.39, 0.29) is 38.9 Å². The van der Waals surface area contributed by atoms with Crippen molar-refractivity contribution < 1.29 is 36.6 Å². The summed E-state index contributed by atoms with van der Waals surface area (Å²) in [6.07, 6.45) is 0.257. The topological polar surface area (TPSA) is 77.5 Å². The average Bonchev–Trinajstić information content (AvgIpc) is 2.64. The van der Waals surface area contributed by atoms with E-state index in [0.717, 1.165) is 0 Å². The number of hydrogen-bond acceptors (Lipinski definition) is 6. The molecule has 2 rings (SSSR count). The summed E-state index contributed by atoms with van der Waals surface area (Å²) in [6.45, 7) is 3.35. The van der Waals surface area contributed by atoms with Crippen LogP contribution in [0.2, 0.25) is 0 Å². The third-order valence-corrected chi connectivity index (χ3v) is 4.52. The lowest BCUT2D eigenvalue weighted by Crippen LogP contribution is -2.46. The lowest BCUT2D eigenvalue weighted by Gasteiger charge is -2.36. The van der Waals surface area contributed by atoms with E-state index in [1.165, 1.54) is 0 Å². The highest BCUT2D eigenvalue weighted by atomic mass is 19.2. The number of esters is 2. The molecule has 1 heterocycles. The minimum atomic E-state index is -1.76. The highest BCUT2D eigenvalue weighted by Crippen LogP contribution is 2.40. The molecular formula is C17H20F4N2O4. The van der Waals surface area contributed by atoms with Crippen LogP contribution in [0.4, 0.5) is 23.2 Å². The van der Waals surface area contributed by atoms with Gasteiger partial charge in [-0.05, 0) is 39.5 Å². The number of aromatic nitrogens is 1. The van der Waals surface area contributed by atoms with Gasteiger partial charge in [-0.3, -0.25) is 9.59 Å². The minimum absolute atomic E-state index is 0.00161. The number of halogens is 4. The van der Waals surface area contributed by atoms with Gasteiger partial charge in [-0.15, -0.1) is 0 Å². The highest BCUT2D eigenvalue weighted by Gasteiger charge is 2.51. The maximum absolute atomic E-state index is 13.8. The summed E-state index contributed by atoms with van der Waals surface area (Å²) in [5.74, 6) is -8.25. The molecule has 1 aliphatic carbocycles. The Kier molecular flexibility index (Phi) is 6.61. The van der Waals surface area contributed by atoms with Crippen LogP contribution in [0.15, 0.2) is 0 Å². The maximum Gasteiger partial charge on any atom is 0.323 e. The molecule has 10 heteroatoms. The Morgan fingerprint density at radius 3 is 1.85 bits per heavy atom.